The molecule has 3 rings (SSSR count). The molecular formula is C20H21N3O5. The van der Waals surface area contributed by atoms with E-state index in [1.807, 2.05) is 13.8 Å². The van der Waals surface area contributed by atoms with Crippen LogP contribution in [-0.2, 0) is 6.61 Å². The number of nitrogens with zero attached hydrogens (tertiary/aromatic N) is 1. The van der Waals surface area contributed by atoms with Crippen LogP contribution in [0.2, 0.25) is 0 Å². The second-order valence-electron chi connectivity index (χ2n) is 6.08. The lowest BCUT2D eigenvalue weighted by Gasteiger charge is -2.12. The SMILES string of the molecule is Cc1noc(C)c1COc1ccccc1C(=O)NCCNC(=O)c1ccco1. The number of hydrogen-bond donors (Lipinski definition) is 2. The van der Waals surface area contributed by atoms with Gasteiger partial charge in [0.05, 0.1) is 23.1 Å². The molecule has 2 amide bonds. The molecule has 0 aliphatic rings. The van der Waals surface area contributed by atoms with Gasteiger partial charge in [0.2, 0.25) is 0 Å². The minimum atomic E-state index is -0.331. The first kappa shape index (κ1) is 19.2. The fraction of sp³-hybridized carbons (Fsp3) is 0.250. The highest BCUT2D eigenvalue weighted by Gasteiger charge is 2.15. The predicted molar refractivity (Wildman–Crippen MR) is 100 cm³/mol. The number of aromatic nitrogens is 1. The third kappa shape index (κ3) is 4.59. The predicted octanol–water partition coefficient (Wildman–Crippen LogP) is 2.62. The summed E-state index contributed by atoms with van der Waals surface area (Å²) in [5, 5.41) is 9.32. The Morgan fingerprint density at radius 1 is 1.04 bits per heavy atom. The summed E-state index contributed by atoms with van der Waals surface area (Å²) < 4.78 is 15.9. The summed E-state index contributed by atoms with van der Waals surface area (Å²) in [6.07, 6.45) is 1.43. The zero-order valence-corrected chi connectivity index (χ0v) is 15.7. The Hall–Kier alpha value is -3.55. The smallest absolute Gasteiger partial charge is 0.287 e. The highest BCUT2D eigenvalue weighted by atomic mass is 16.5. The number of benzene rings is 1. The number of ether oxygens (including phenoxy) is 1. The van der Waals surface area contributed by atoms with E-state index in [4.69, 9.17) is 13.7 Å². The monoisotopic (exact) mass is 383 g/mol. The average molecular weight is 383 g/mol. The van der Waals surface area contributed by atoms with Crippen LogP contribution < -0.4 is 15.4 Å². The summed E-state index contributed by atoms with van der Waals surface area (Å²) in [5.74, 6) is 0.750. The van der Waals surface area contributed by atoms with Gasteiger partial charge in [0.15, 0.2) is 5.76 Å². The first-order valence-corrected chi connectivity index (χ1v) is 8.79. The second kappa shape index (κ2) is 8.90. The van der Waals surface area contributed by atoms with Crippen LogP contribution in [0.25, 0.3) is 0 Å². The van der Waals surface area contributed by atoms with Gasteiger partial charge in [0.25, 0.3) is 11.8 Å². The van der Waals surface area contributed by atoms with E-state index in [0.29, 0.717) is 17.1 Å². The van der Waals surface area contributed by atoms with Crippen molar-refractivity contribution in [3.8, 4) is 5.75 Å². The van der Waals surface area contributed by atoms with Crippen molar-refractivity contribution in [1.29, 1.82) is 0 Å². The number of furan rings is 1. The number of rotatable bonds is 8. The van der Waals surface area contributed by atoms with E-state index in [1.165, 1.54) is 6.26 Å². The molecular weight excluding hydrogens is 362 g/mol. The van der Waals surface area contributed by atoms with E-state index in [9.17, 15) is 9.59 Å². The third-order valence-electron chi connectivity index (χ3n) is 4.13. The Morgan fingerprint density at radius 3 is 2.46 bits per heavy atom. The number of amides is 2. The second-order valence-corrected chi connectivity index (χ2v) is 6.08. The molecule has 1 aromatic carbocycles. The van der Waals surface area contributed by atoms with Crippen molar-refractivity contribution in [2.75, 3.05) is 13.1 Å². The highest BCUT2D eigenvalue weighted by Crippen LogP contribution is 2.21. The van der Waals surface area contributed by atoms with Gasteiger partial charge in [-0.3, -0.25) is 9.59 Å². The Balaban J connectivity index is 1.53. The van der Waals surface area contributed by atoms with Gasteiger partial charge in [0.1, 0.15) is 18.1 Å². The number of hydrogen-bond acceptors (Lipinski definition) is 6. The minimum absolute atomic E-state index is 0.226. The largest absolute Gasteiger partial charge is 0.488 e. The summed E-state index contributed by atoms with van der Waals surface area (Å²) in [6, 6.07) is 10.2. The summed E-state index contributed by atoms with van der Waals surface area (Å²) in [4.78, 5) is 24.3. The number of carbonyl (C=O) groups is 2. The highest BCUT2D eigenvalue weighted by molar-refractivity contribution is 5.97. The first-order valence-electron chi connectivity index (χ1n) is 8.79. The van der Waals surface area contributed by atoms with Gasteiger partial charge in [-0.15, -0.1) is 0 Å². The summed E-state index contributed by atoms with van der Waals surface area (Å²) in [5.41, 5.74) is 2.02. The zero-order valence-electron chi connectivity index (χ0n) is 15.7. The van der Waals surface area contributed by atoms with Gasteiger partial charge in [-0.05, 0) is 38.1 Å². The summed E-state index contributed by atoms with van der Waals surface area (Å²) in [7, 11) is 0. The van der Waals surface area contributed by atoms with E-state index < -0.39 is 0 Å². The Morgan fingerprint density at radius 2 is 1.79 bits per heavy atom. The molecule has 28 heavy (non-hydrogen) atoms. The molecule has 0 bridgehead atoms. The van der Waals surface area contributed by atoms with Crippen LogP contribution in [0.3, 0.4) is 0 Å². The normalized spacial score (nSPS) is 10.5. The Bertz CT molecular complexity index is 927. The van der Waals surface area contributed by atoms with E-state index in [2.05, 4.69) is 15.8 Å². The van der Waals surface area contributed by atoms with Crippen molar-refractivity contribution >= 4 is 11.8 Å². The van der Waals surface area contributed by atoms with E-state index >= 15 is 0 Å². The fourth-order valence-electron chi connectivity index (χ4n) is 2.58. The van der Waals surface area contributed by atoms with Crippen molar-refractivity contribution in [3.05, 3.63) is 71.0 Å². The van der Waals surface area contributed by atoms with Crippen molar-refractivity contribution in [3.63, 3.8) is 0 Å². The molecule has 0 unspecified atom stereocenters. The van der Waals surface area contributed by atoms with E-state index in [-0.39, 0.29) is 37.3 Å². The standard InChI is InChI=1S/C20H21N3O5/c1-13-16(14(2)28-23-13)12-27-17-7-4-3-6-15(17)19(24)21-9-10-22-20(25)18-8-5-11-26-18/h3-8,11H,9-10,12H2,1-2H3,(H,21,24)(H,22,25). The minimum Gasteiger partial charge on any atom is -0.488 e. The zero-order chi connectivity index (χ0) is 19.9. The molecule has 3 aromatic rings. The molecule has 146 valence electrons. The maximum atomic E-state index is 12.5. The number of nitrogens with one attached hydrogen (secondary N) is 2. The van der Waals surface area contributed by atoms with Crippen molar-refractivity contribution in [2.45, 2.75) is 20.5 Å². The third-order valence-corrected chi connectivity index (χ3v) is 4.13. The van der Waals surface area contributed by atoms with Crippen LogP contribution in [0.4, 0.5) is 0 Å². The van der Waals surface area contributed by atoms with Gasteiger partial charge >= 0.3 is 0 Å². The summed E-state index contributed by atoms with van der Waals surface area (Å²) in [6.45, 7) is 4.45. The van der Waals surface area contributed by atoms with Gasteiger partial charge < -0.3 is 24.3 Å². The van der Waals surface area contributed by atoms with Crippen LogP contribution in [0, 0.1) is 13.8 Å². The topological polar surface area (TPSA) is 107 Å². The van der Waals surface area contributed by atoms with Gasteiger partial charge in [0, 0.05) is 13.1 Å². The lowest BCUT2D eigenvalue weighted by Crippen LogP contribution is -2.34. The van der Waals surface area contributed by atoms with Crippen LogP contribution in [-0.4, -0.2) is 30.1 Å². The van der Waals surface area contributed by atoms with E-state index in [0.717, 1.165) is 11.3 Å². The summed E-state index contributed by atoms with van der Waals surface area (Å²) >= 11 is 0. The van der Waals surface area contributed by atoms with Crippen molar-refractivity contribution < 1.29 is 23.3 Å². The lowest BCUT2D eigenvalue weighted by atomic mass is 10.2. The molecule has 8 heteroatoms. The van der Waals surface area contributed by atoms with Crippen LogP contribution >= 0.6 is 0 Å². The molecule has 0 radical (unpaired) electrons. The quantitative estimate of drug-likeness (QED) is 0.579. The molecule has 2 heterocycles. The maximum absolute atomic E-state index is 12.5. The Kier molecular flexibility index (Phi) is 6.11. The molecule has 0 fully saturated rings. The Labute approximate surface area is 161 Å². The van der Waals surface area contributed by atoms with Crippen LogP contribution in [0.1, 0.15) is 37.9 Å². The van der Waals surface area contributed by atoms with Gasteiger partial charge in [-0.2, -0.15) is 0 Å². The average Bonchev–Trinajstić information content (AvgIpc) is 3.34. The number of carbonyl (C=O) groups excluding carboxylic acids is 2. The lowest BCUT2D eigenvalue weighted by molar-refractivity contribution is 0.0909. The van der Waals surface area contributed by atoms with Crippen molar-refractivity contribution in [2.24, 2.45) is 0 Å². The molecule has 2 N–H and O–H groups in total. The van der Waals surface area contributed by atoms with Gasteiger partial charge in [-0.1, -0.05) is 17.3 Å². The van der Waals surface area contributed by atoms with Gasteiger partial charge in [-0.25, -0.2) is 0 Å². The first-order chi connectivity index (χ1) is 13.6. The molecule has 0 atom stereocenters. The number of para-hydroxylation sites is 1. The molecule has 2 aromatic heterocycles. The van der Waals surface area contributed by atoms with Crippen LogP contribution in [0.15, 0.2) is 51.6 Å². The van der Waals surface area contributed by atoms with Crippen LogP contribution in [0.5, 0.6) is 5.75 Å². The molecule has 0 saturated heterocycles. The molecule has 0 saturated carbocycles. The fourth-order valence-corrected chi connectivity index (χ4v) is 2.58. The molecule has 0 spiro atoms. The molecule has 0 aliphatic heterocycles. The van der Waals surface area contributed by atoms with E-state index in [1.54, 1.807) is 36.4 Å². The molecule has 8 nitrogen and oxygen atoms in total. The maximum Gasteiger partial charge on any atom is 0.287 e. The number of aryl methyl sites for hydroxylation is 2. The van der Waals surface area contributed by atoms with Crippen molar-refractivity contribution in [1.82, 2.24) is 15.8 Å². The molecule has 0 aliphatic carbocycles.